The van der Waals surface area contributed by atoms with Crippen LogP contribution in [0.4, 0.5) is 14.9 Å². The number of carbonyl (C=O) groups excluding carboxylic acids is 2. The van der Waals surface area contributed by atoms with Crippen molar-refractivity contribution in [2.45, 2.75) is 26.9 Å². The summed E-state index contributed by atoms with van der Waals surface area (Å²) < 4.78 is 18.5. The number of para-hydroxylation sites is 1. The first-order chi connectivity index (χ1) is 16.4. The van der Waals surface area contributed by atoms with Gasteiger partial charge in [-0.3, -0.25) is 4.79 Å². The van der Waals surface area contributed by atoms with Crippen molar-refractivity contribution in [1.29, 1.82) is 0 Å². The Morgan fingerprint density at radius 1 is 0.971 bits per heavy atom. The minimum atomic E-state index is -0.361. The van der Waals surface area contributed by atoms with Crippen LogP contribution in [-0.4, -0.2) is 48.5 Å². The molecule has 1 N–H and O–H groups in total. The van der Waals surface area contributed by atoms with Crippen LogP contribution in [0.5, 0.6) is 0 Å². The third-order valence-corrected chi connectivity index (χ3v) is 6.32. The lowest BCUT2D eigenvalue weighted by atomic mass is 10.1. The van der Waals surface area contributed by atoms with Gasteiger partial charge in [-0.05, 0) is 54.1 Å². The number of urea groups is 1. The first-order valence-corrected chi connectivity index (χ1v) is 11.9. The second-order valence-electron chi connectivity index (χ2n) is 8.07. The molecule has 8 heteroatoms. The van der Waals surface area contributed by atoms with Gasteiger partial charge in [-0.15, -0.1) is 11.3 Å². The molecule has 0 fully saturated rings. The topological polar surface area (TPSA) is 61.9 Å². The molecule has 0 bridgehead atoms. The normalized spacial score (nSPS) is 10.7. The average Bonchev–Trinajstić information content (AvgIpc) is 3.33. The van der Waals surface area contributed by atoms with E-state index in [9.17, 15) is 14.0 Å². The summed E-state index contributed by atoms with van der Waals surface area (Å²) in [4.78, 5) is 30.7. The van der Waals surface area contributed by atoms with Gasteiger partial charge in [0.25, 0.3) is 0 Å². The molecule has 0 saturated heterocycles. The maximum absolute atomic E-state index is 13.4. The van der Waals surface area contributed by atoms with Crippen LogP contribution >= 0.6 is 11.3 Å². The molecule has 1 aromatic heterocycles. The summed E-state index contributed by atoms with van der Waals surface area (Å²) in [5.41, 5.74) is 3.45. The summed E-state index contributed by atoms with van der Waals surface area (Å²) in [6.07, 6.45) is 0. The highest BCUT2D eigenvalue weighted by atomic mass is 32.1. The smallest absolute Gasteiger partial charge is 0.322 e. The quantitative estimate of drug-likeness (QED) is 0.430. The molecule has 0 aliphatic heterocycles. The van der Waals surface area contributed by atoms with Crippen LogP contribution in [0, 0.1) is 19.7 Å². The van der Waals surface area contributed by atoms with Gasteiger partial charge in [-0.2, -0.15) is 0 Å². The number of methoxy groups -OCH3 is 1. The first-order valence-electron chi connectivity index (χ1n) is 11.0. The fourth-order valence-electron chi connectivity index (χ4n) is 3.55. The van der Waals surface area contributed by atoms with Crippen LogP contribution in [0.3, 0.4) is 0 Å². The van der Waals surface area contributed by atoms with Crippen molar-refractivity contribution in [1.82, 2.24) is 9.80 Å². The van der Waals surface area contributed by atoms with Gasteiger partial charge in [-0.1, -0.05) is 36.4 Å². The lowest BCUT2D eigenvalue weighted by molar-refractivity contribution is -0.133. The fourth-order valence-corrected chi connectivity index (χ4v) is 4.27. The third kappa shape index (κ3) is 7.13. The summed E-state index contributed by atoms with van der Waals surface area (Å²) in [7, 11) is 1.56. The number of nitrogens with one attached hydrogen (secondary N) is 1. The minimum absolute atomic E-state index is 0.104. The van der Waals surface area contributed by atoms with Gasteiger partial charge in [-0.25, -0.2) is 9.18 Å². The predicted molar refractivity (Wildman–Crippen MR) is 133 cm³/mol. The number of anilines is 1. The lowest BCUT2D eigenvalue weighted by Gasteiger charge is -2.28. The highest BCUT2D eigenvalue weighted by Gasteiger charge is 2.23. The number of hydrogen-bond donors (Lipinski definition) is 1. The van der Waals surface area contributed by atoms with E-state index >= 15 is 0 Å². The molecule has 0 aliphatic rings. The number of nitrogens with zero attached hydrogens (tertiary/aromatic N) is 2. The Bertz CT molecular complexity index is 1070. The zero-order valence-corrected chi connectivity index (χ0v) is 20.5. The Kier molecular flexibility index (Phi) is 9.18. The zero-order valence-electron chi connectivity index (χ0n) is 19.7. The molecular formula is C26H30FN3O3S. The number of hydrogen-bond acceptors (Lipinski definition) is 4. The van der Waals surface area contributed by atoms with E-state index in [1.807, 2.05) is 49.6 Å². The van der Waals surface area contributed by atoms with E-state index in [-0.39, 0.29) is 30.8 Å². The SMILES string of the molecule is COCCN(CC(=O)N(Cc1ccc(F)cc1)Cc1cccs1)C(=O)Nc1c(C)cccc1C. The van der Waals surface area contributed by atoms with Crippen LogP contribution in [0.2, 0.25) is 0 Å². The molecule has 3 rings (SSSR count). The Hall–Kier alpha value is -3.23. The van der Waals surface area contributed by atoms with E-state index in [2.05, 4.69) is 5.32 Å². The molecule has 34 heavy (non-hydrogen) atoms. The van der Waals surface area contributed by atoms with Gasteiger partial charge in [0.1, 0.15) is 12.4 Å². The van der Waals surface area contributed by atoms with Crippen molar-refractivity contribution in [2.75, 3.05) is 32.1 Å². The number of halogens is 1. The van der Waals surface area contributed by atoms with Crippen molar-refractivity contribution in [3.8, 4) is 0 Å². The molecule has 0 unspecified atom stereocenters. The molecule has 2 aromatic carbocycles. The predicted octanol–water partition coefficient (Wildman–Crippen LogP) is 5.21. The monoisotopic (exact) mass is 483 g/mol. The van der Waals surface area contributed by atoms with E-state index in [0.29, 0.717) is 19.7 Å². The van der Waals surface area contributed by atoms with Gasteiger partial charge in [0.15, 0.2) is 0 Å². The summed E-state index contributed by atoms with van der Waals surface area (Å²) in [5, 5.41) is 4.91. The number of thiophene rings is 1. The summed E-state index contributed by atoms with van der Waals surface area (Å²) >= 11 is 1.56. The van der Waals surface area contributed by atoms with E-state index in [1.165, 1.54) is 17.0 Å². The average molecular weight is 484 g/mol. The second kappa shape index (κ2) is 12.3. The van der Waals surface area contributed by atoms with Crippen LogP contribution < -0.4 is 5.32 Å². The molecule has 0 aliphatic carbocycles. The molecular weight excluding hydrogens is 453 g/mol. The van der Waals surface area contributed by atoms with E-state index < -0.39 is 0 Å². The highest BCUT2D eigenvalue weighted by molar-refractivity contribution is 7.09. The molecule has 0 spiro atoms. The number of aryl methyl sites for hydroxylation is 2. The molecule has 0 radical (unpaired) electrons. The standard InChI is InChI=1S/C26H30FN3O3S/c1-19-6-4-7-20(2)25(19)28-26(32)29(13-14-33-3)18-24(31)30(17-23-8-5-15-34-23)16-21-9-11-22(27)12-10-21/h4-12,15H,13-14,16-18H2,1-3H3,(H,28,32). The first kappa shape index (κ1) is 25.4. The van der Waals surface area contributed by atoms with Gasteiger partial charge < -0.3 is 19.9 Å². The van der Waals surface area contributed by atoms with Crippen molar-refractivity contribution in [2.24, 2.45) is 0 Å². The number of ether oxygens (including phenoxy) is 1. The van der Waals surface area contributed by atoms with Gasteiger partial charge in [0.05, 0.1) is 13.2 Å². The summed E-state index contributed by atoms with van der Waals surface area (Å²) in [6, 6.07) is 15.4. The molecule has 3 amide bonds. The number of benzene rings is 2. The van der Waals surface area contributed by atoms with Crippen molar-refractivity contribution < 1.29 is 18.7 Å². The van der Waals surface area contributed by atoms with Crippen molar-refractivity contribution >= 4 is 29.0 Å². The highest BCUT2D eigenvalue weighted by Crippen LogP contribution is 2.20. The largest absolute Gasteiger partial charge is 0.383 e. The Labute approximate surface area is 204 Å². The van der Waals surface area contributed by atoms with E-state index in [4.69, 9.17) is 4.74 Å². The third-order valence-electron chi connectivity index (χ3n) is 5.46. The van der Waals surface area contributed by atoms with E-state index in [0.717, 1.165) is 27.3 Å². The minimum Gasteiger partial charge on any atom is -0.383 e. The maximum Gasteiger partial charge on any atom is 0.322 e. The number of amides is 3. The van der Waals surface area contributed by atoms with Gasteiger partial charge in [0.2, 0.25) is 5.91 Å². The summed E-state index contributed by atoms with van der Waals surface area (Å²) in [6.45, 7) is 5.04. The Balaban J connectivity index is 1.77. The van der Waals surface area contributed by atoms with Crippen LogP contribution in [0.15, 0.2) is 60.0 Å². The molecule has 1 heterocycles. The van der Waals surface area contributed by atoms with Crippen molar-refractivity contribution in [3.63, 3.8) is 0 Å². The molecule has 0 saturated carbocycles. The zero-order chi connectivity index (χ0) is 24.5. The Morgan fingerprint density at radius 3 is 2.29 bits per heavy atom. The number of rotatable bonds is 10. The van der Waals surface area contributed by atoms with Gasteiger partial charge in [0, 0.05) is 30.8 Å². The molecule has 3 aromatic rings. The maximum atomic E-state index is 13.4. The van der Waals surface area contributed by atoms with Crippen LogP contribution in [-0.2, 0) is 22.6 Å². The number of carbonyl (C=O) groups is 2. The Morgan fingerprint density at radius 2 is 1.68 bits per heavy atom. The molecule has 180 valence electrons. The van der Waals surface area contributed by atoms with E-state index in [1.54, 1.807) is 35.5 Å². The molecule has 6 nitrogen and oxygen atoms in total. The summed E-state index contributed by atoms with van der Waals surface area (Å²) in [5.74, 6) is -0.528. The van der Waals surface area contributed by atoms with Crippen LogP contribution in [0.1, 0.15) is 21.6 Å². The van der Waals surface area contributed by atoms with Crippen molar-refractivity contribution in [3.05, 3.63) is 87.4 Å². The van der Waals surface area contributed by atoms with Gasteiger partial charge >= 0.3 is 6.03 Å². The lowest BCUT2D eigenvalue weighted by Crippen LogP contribution is -2.45. The van der Waals surface area contributed by atoms with Crippen LogP contribution in [0.25, 0.3) is 0 Å². The second-order valence-corrected chi connectivity index (χ2v) is 9.10. The molecule has 0 atom stereocenters. The fraction of sp³-hybridized carbons (Fsp3) is 0.308.